The summed E-state index contributed by atoms with van der Waals surface area (Å²) in [5.41, 5.74) is 0. The van der Waals surface area contributed by atoms with Gasteiger partial charge in [0.25, 0.3) is 0 Å². The van der Waals surface area contributed by atoms with E-state index in [4.69, 9.17) is 9.84 Å². The van der Waals surface area contributed by atoms with Crippen LogP contribution in [-0.2, 0) is 0 Å². The average molecular weight is 195 g/mol. The summed E-state index contributed by atoms with van der Waals surface area (Å²) in [7, 11) is 0. The molecule has 4 heteroatoms. The maximum Gasteiger partial charge on any atom is 0.138 e. The van der Waals surface area contributed by atoms with Crippen molar-refractivity contribution in [2.45, 2.75) is 12.2 Å². The summed E-state index contributed by atoms with van der Waals surface area (Å²) in [4.78, 5) is 0. The van der Waals surface area contributed by atoms with Crippen molar-refractivity contribution in [2.24, 2.45) is 0 Å². The average Bonchev–Trinajstić information content (AvgIpc) is 2.56. The Bertz CT molecular complexity index is 299. The Balaban J connectivity index is 2.00. The van der Waals surface area contributed by atoms with Gasteiger partial charge in [0.2, 0.25) is 0 Å². The fourth-order valence-corrected chi connectivity index (χ4v) is 1.46. The highest BCUT2D eigenvalue weighted by Gasteiger charge is 2.26. The largest absolute Gasteiger partial charge is 0.508 e. The Morgan fingerprint density at radius 2 is 1.93 bits per heavy atom. The molecule has 1 aliphatic rings. The maximum atomic E-state index is 9.47. The zero-order chi connectivity index (χ0) is 9.97. The molecule has 0 saturated carbocycles. The molecule has 2 unspecified atom stereocenters. The second-order valence-electron chi connectivity index (χ2n) is 3.38. The minimum Gasteiger partial charge on any atom is -0.508 e. The lowest BCUT2D eigenvalue weighted by molar-refractivity contribution is 0.0737. The van der Waals surface area contributed by atoms with E-state index < -0.39 is 6.10 Å². The molecule has 1 saturated heterocycles. The van der Waals surface area contributed by atoms with E-state index in [0.717, 1.165) is 0 Å². The van der Waals surface area contributed by atoms with Gasteiger partial charge in [-0.2, -0.15) is 0 Å². The van der Waals surface area contributed by atoms with Crippen LogP contribution in [0.15, 0.2) is 24.3 Å². The van der Waals surface area contributed by atoms with Crippen LogP contribution in [0.25, 0.3) is 0 Å². The quantitative estimate of drug-likeness (QED) is 0.626. The number of aromatic hydroxyl groups is 1. The van der Waals surface area contributed by atoms with Gasteiger partial charge in [0.1, 0.15) is 23.7 Å². The van der Waals surface area contributed by atoms with Gasteiger partial charge in [-0.25, -0.2) is 0 Å². The van der Waals surface area contributed by atoms with Gasteiger partial charge in [-0.15, -0.1) is 0 Å². The van der Waals surface area contributed by atoms with Crippen LogP contribution in [0.3, 0.4) is 0 Å². The van der Waals surface area contributed by atoms with Crippen LogP contribution in [0.5, 0.6) is 11.5 Å². The van der Waals surface area contributed by atoms with Gasteiger partial charge in [0.05, 0.1) is 0 Å². The topological polar surface area (TPSA) is 61.7 Å². The third-order valence-electron chi connectivity index (χ3n) is 2.25. The van der Waals surface area contributed by atoms with Gasteiger partial charge in [0.15, 0.2) is 0 Å². The minimum absolute atomic E-state index is 0.195. The molecule has 4 nitrogen and oxygen atoms in total. The molecule has 1 fully saturated rings. The summed E-state index contributed by atoms with van der Waals surface area (Å²) in [5, 5.41) is 21.5. The van der Waals surface area contributed by atoms with E-state index in [1.807, 2.05) is 0 Å². The number of nitrogens with one attached hydrogen (secondary N) is 1. The third-order valence-corrected chi connectivity index (χ3v) is 2.25. The summed E-state index contributed by atoms with van der Waals surface area (Å²) in [6, 6.07) is 6.48. The number of β-amino-alcohol motifs (C(OH)–C–C–N with tert-alkyl or cyclic N) is 1. The smallest absolute Gasteiger partial charge is 0.138 e. The van der Waals surface area contributed by atoms with Gasteiger partial charge >= 0.3 is 0 Å². The van der Waals surface area contributed by atoms with E-state index in [-0.39, 0.29) is 11.9 Å². The predicted molar refractivity (Wildman–Crippen MR) is 51.4 cm³/mol. The predicted octanol–water partition coefficient (Wildman–Crippen LogP) is 0.104. The van der Waals surface area contributed by atoms with Gasteiger partial charge in [0, 0.05) is 13.1 Å². The lowest BCUT2D eigenvalue weighted by Gasteiger charge is -2.15. The maximum absolute atomic E-state index is 9.47. The molecule has 76 valence electrons. The Hall–Kier alpha value is -1.26. The Morgan fingerprint density at radius 1 is 1.21 bits per heavy atom. The molecule has 0 bridgehead atoms. The number of ether oxygens (including phenoxy) is 1. The van der Waals surface area contributed by atoms with E-state index in [1.54, 1.807) is 24.3 Å². The zero-order valence-electron chi connectivity index (χ0n) is 7.68. The summed E-state index contributed by atoms with van der Waals surface area (Å²) < 4.78 is 5.52. The summed E-state index contributed by atoms with van der Waals surface area (Å²) in [6.45, 7) is 1.23. The SMILES string of the molecule is Oc1ccc(OC2CNCC2O)cc1. The molecule has 14 heavy (non-hydrogen) atoms. The van der Waals surface area contributed by atoms with Crippen LogP contribution in [0.1, 0.15) is 0 Å². The normalized spacial score (nSPS) is 26.4. The van der Waals surface area contributed by atoms with Crippen LogP contribution in [-0.4, -0.2) is 35.5 Å². The van der Waals surface area contributed by atoms with Crippen molar-refractivity contribution in [3.8, 4) is 11.5 Å². The van der Waals surface area contributed by atoms with Crippen LogP contribution in [0, 0.1) is 0 Å². The highest BCUT2D eigenvalue weighted by atomic mass is 16.5. The molecule has 0 aliphatic carbocycles. The molecule has 2 atom stereocenters. The van der Waals surface area contributed by atoms with Crippen molar-refractivity contribution in [3.63, 3.8) is 0 Å². The van der Waals surface area contributed by atoms with Crippen LogP contribution in [0.4, 0.5) is 0 Å². The van der Waals surface area contributed by atoms with E-state index in [2.05, 4.69) is 5.32 Å². The molecule has 0 radical (unpaired) electrons. The van der Waals surface area contributed by atoms with Crippen molar-refractivity contribution >= 4 is 0 Å². The Morgan fingerprint density at radius 3 is 2.50 bits per heavy atom. The standard InChI is InChI=1S/C10H13NO3/c12-7-1-3-8(4-2-7)14-10-6-11-5-9(10)13/h1-4,9-13H,5-6H2. The van der Waals surface area contributed by atoms with E-state index in [9.17, 15) is 5.11 Å². The number of aliphatic hydroxyl groups excluding tert-OH is 1. The first-order valence-corrected chi connectivity index (χ1v) is 4.60. The summed E-state index contributed by atoms with van der Waals surface area (Å²) in [6.07, 6.45) is -0.650. The third kappa shape index (κ3) is 1.97. The molecule has 1 aromatic carbocycles. The molecule has 1 aliphatic heterocycles. The van der Waals surface area contributed by atoms with Gasteiger partial charge < -0.3 is 20.3 Å². The van der Waals surface area contributed by atoms with E-state index in [0.29, 0.717) is 18.8 Å². The number of phenolic OH excluding ortho intramolecular Hbond substituents is 1. The number of aliphatic hydroxyl groups is 1. The number of benzene rings is 1. The first kappa shape index (κ1) is 9.30. The van der Waals surface area contributed by atoms with Crippen LogP contribution in [0.2, 0.25) is 0 Å². The van der Waals surface area contributed by atoms with Crippen molar-refractivity contribution in [2.75, 3.05) is 13.1 Å². The molecule has 1 aromatic rings. The van der Waals surface area contributed by atoms with Crippen molar-refractivity contribution in [1.29, 1.82) is 0 Å². The zero-order valence-corrected chi connectivity index (χ0v) is 7.68. The number of rotatable bonds is 2. The molecule has 0 amide bonds. The lowest BCUT2D eigenvalue weighted by atomic mass is 10.2. The van der Waals surface area contributed by atoms with Gasteiger partial charge in [-0.1, -0.05) is 0 Å². The van der Waals surface area contributed by atoms with E-state index in [1.165, 1.54) is 0 Å². The monoisotopic (exact) mass is 195 g/mol. The second-order valence-corrected chi connectivity index (χ2v) is 3.38. The van der Waals surface area contributed by atoms with Gasteiger partial charge in [-0.3, -0.25) is 0 Å². The first-order chi connectivity index (χ1) is 6.75. The lowest BCUT2D eigenvalue weighted by Crippen LogP contribution is -2.29. The number of hydrogen-bond donors (Lipinski definition) is 3. The van der Waals surface area contributed by atoms with Crippen LogP contribution >= 0.6 is 0 Å². The van der Waals surface area contributed by atoms with Crippen molar-refractivity contribution in [3.05, 3.63) is 24.3 Å². The molecule has 0 aromatic heterocycles. The first-order valence-electron chi connectivity index (χ1n) is 4.60. The van der Waals surface area contributed by atoms with Gasteiger partial charge in [-0.05, 0) is 24.3 Å². The Kier molecular flexibility index (Phi) is 2.56. The molecule has 3 N–H and O–H groups in total. The molecule has 0 spiro atoms. The van der Waals surface area contributed by atoms with Crippen molar-refractivity contribution in [1.82, 2.24) is 5.32 Å². The Labute approximate surface area is 82.1 Å². The minimum atomic E-state index is -0.455. The number of phenols is 1. The van der Waals surface area contributed by atoms with Crippen molar-refractivity contribution < 1.29 is 14.9 Å². The fourth-order valence-electron chi connectivity index (χ4n) is 1.46. The van der Waals surface area contributed by atoms with E-state index >= 15 is 0 Å². The summed E-state index contributed by atoms with van der Waals surface area (Å²) >= 11 is 0. The fraction of sp³-hybridized carbons (Fsp3) is 0.400. The molecule has 1 heterocycles. The summed E-state index contributed by atoms with van der Waals surface area (Å²) in [5.74, 6) is 0.873. The molecular weight excluding hydrogens is 182 g/mol. The number of hydrogen-bond acceptors (Lipinski definition) is 4. The second kappa shape index (κ2) is 3.86. The molecule has 2 rings (SSSR count). The highest BCUT2D eigenvalue weighted by Crippen LogP contribution is 2.18. The molecular formula is C10H13NO3. The highest BCUT2D eigenvalue weighted by molar-refractivity contribution is 5.30. The van der Waals surface area contributed by atoms with Crippen LogP contribution < -0.4 is 10.1 Å².